The van der Waals surface area contributed by atoms with Gasteiger partial charge in [0, 0.05) is 24.0 Å². The SMILES string of the molecule is CCOc1cc2c(cc1OCC)CN(C(=O)Cc1csc(-c3ccc(C(F)(F)F)cc3)n1)CC2. The minimum Gasteiger partial charge on any atom is -0.490 e. The first-order chi connectivity index (χ1) is 16.3. The number of halogens is 3. The highest BCUT2D eigenvalue weighted by molar-refractivity contribution is 7.13. The molecule has 0 spiro atoms. The molecule has 0 atom stereocenters. The summed E-state index contributed by atoms with van der Waals surface area (Å²) >= 11 is 1.31. The maximum Gasteiger partial charge on any atom is 0.416 e. The Bertz CT molecular complexity index is 1160. The van der Waals surface area contributed by atoms with E-state index in [4.69, 9.17) is 9.47 Å². The number of carbonyl (C=O) groups is 1. The van der Waals surface area contributed by atoms with Gasteiger partial charge in [0.05, 0.1) is 30.9 Å². The van der Waals surface area contributed by atoms with Crippen molar-refractivity contribution in [2.75, 3.05) is 19.8 Å². The van der Waals surface area contributed by atoms with E-state index in [9.17, 15) is 18.0 Å². The highest BCUT2D eigenvalue weighted by atomic mass is 32.1. The van der Waals surface area contributed by atoms with Gasteiger partial charge in [-0.15, -0.1) is 11.3 Å². The van der Waals surface area contributed by atoms with Gasteiger partial charge in [-0.2, -0.15) is 13.2 Å². The molecule has 5 nitrogen and oxygen atoms in total. The van der Waals surface area contributed by atoms with Crippen molar-refractivity contribution in [2.24, 2.45) is 0 Å². The maximum absolute atomic E-state index is 13.0. The Labute approximate surface area is 200 Å². The minimum atomic E-state index is -4.37. The second-order valence-corrected chi connectivity index (χ2v) is 8.75. The standard InChI is InChI=1S/C25H25F3N2O3S/c1-3-32-21-11-17-9-10-30(14-18(17)12-22(21)33-4-2)23(31)13-20-15-34-24(29-20)16-5-7-19(8-6-16)25(26,27)28/h5-8,11-12,15H,3-4,9-10,13-14H2,1-2H3. The first-order valence-electron chi connectivity index (χ1n) is 11.1. The Kier molecular flexibility index (Phi) is 7.11. The molecule has 0 radical (unpaired) electrons. The third-order valence-corrected chi connectivity index (χ3v) is 6.51. The molecule has 1 aromatic heterocycles. The number of rotatable bonds is 7. The van der Waals surface area contributed by atoms with E-state index in [1.807, 2.05) is 26.0 Å². The van der Waals surface area contributed by atoms with Crippen LogP contribution in [-0.4, -0.2) is 35.5 Å². The van der Waals surface area contributed by atoms with E-state index in [-0.39, 0.29) is 12.3 Å². The van der Waals surface area contributed by atoms with Crippen LogP contribution < -0.4 is 9.47 Å². The van der Waals surface area contributed by atoms with Crippen molar-refractivity contribution < 1.29 is 27.4 Å². The quantitative estimate of drug-likeness (QED) is 0.423. The molecule has 4 rings (SSSR count). The molecule has 0 unspecified atom stereocenters. The third-order valence-electron chi connectivity index (χ3n) is 5.57. The zero-order valence-electron chi connectivity index (χ0n) is 18.9. The molecule has 2 aromatic carbocycles. The molecule has 1 amide bonds. The number of hydrogen-bond acceptors (Lipinski definition) is 5. The summed E-state index contributed by atoms with van der Waals surface area (Å²) in [6.45, 7) is 5.99. The zero-order chi connectivity index (χ0) is 24.3. The van der Waals surface area contributed by atoms with Crippen LogP contribution in [0.1, 0.15) is 36.2 Å². The fourth-order valence-electron chi connectivity index (χ4n) is 3.90. The molecule has 0 saturated carbocycles. The molecule has 0 aliphatic carbocycles. The second kappa shape index (κ2) is 10.0. The summed E-state index contributed by atoms with van der Waals surface area (Å²) in [6.07, 6.45) is -3.51. The van der Waals surface area contributed by atoms with Crippen molar-refractivity contribution in [1.29, 1.82) is 0 Å². The lowest BCUT2D eigenvalue weighted by atomic mass is 9.98. The average molecular weight is 491 g/mol. The summed E-state index contributed by atoms with van der Waals surface area (Å²) < 4.78 is 49.8. The Balaban J connectivity index is 1.43. The van der Waals surface area contributed by atoms with Crippen LogP contribution in [0.3, 0.4) is 0 Å². The average Bonchev–Trinajstić information content (AvgIpc) is 3.27. The van der Waals surface area contributed by atoms with Crippen molar-refractivity contribution in [1.82, 2.24) is 9.88 Å². The van der Waals surface area contributed by atoms with Gasteiger partial charge in [0.2, 0.25) is 5.91 Å². The van der Waals surface area contributed by atoms with E-state index in [2.05, 4.69) is 4.98 Å². The van der Waals surface area contributed by atoms with Crippen LogP contribution in [-0.2, 0) is 30.4 Å². The Hall–Kier alpha value is -3.07. The van der Waals surface area contributed by atoms with Crippen LogP contribution in [0.25, 0.3) is 10.6 Å². The number of benzene rings is 2. The number of amides is 1. The molecule has 34 heavy (non-hydrogen) atoms. The monoisotopic (exact) mass is 490 g/mol. The molecular weight excluding hydrogens is 465 g/mol. The predicted octanol–water partition coefficient (Wildman–Crippen LogP) is 5.75. The molecule has 1 aliphatic rings. The van der Waals surface area contributed by atoms with Gasteiger partial charge in [-0.25, -0.2) is 4.98 Å². The lowest BCUT2D eigenvalue weighted by molar-refractivity contribution is -0.137. The summed E-state index contributed by atoms with van der Waals surface area (Å²) in [6, 6.07) is 8.85. The van der Waals surface area contributed by atoms with Gasteiger partial charge >= 0.3 is 6.18 Å². The lowest BCUT2D eigenvalue weighted by Gasteiger charge is -2.29. The van der Waals surface area contributed by atoms with Crippen molar-refractivity contribution in [3.8, 4) is 22.1 Å². The van der Waals surface area contributed by atoms with E-state index in [0.717, 1.165) is 35.4 Å². The van der Waals surface area contributed by atoms with Crippen LogP contribution in [0.4, 0.5) is 13.2 Å². The topological polar surface area (TPSA) is 51.7 Å². The first-order valence-corrected chi connectivity index (χ1v) is 12.0. The van der Waals surface area contributed by atoms with Crippen molar-refractivity contribution >= 4 is 17.2 Å². The summed E-state index contributed by atoms with van der Waals surface area (Å²) in [7, 11) is 0. The van der Waals surface area contributed by atoms with Crippen LogP contribution in [0, 0.1) is 0 Å². The summed E-state index contributed by atoms with van der Waals surface area (Å²) in [5.41, 5.74) is 2.69. The predicted molar refractivity (Wildman–Crippen MR) is 124 cm³/mol. The molecule has 180 valence electrons. The number of ether oxygens (including phenoxy) is 2. The minimum absolute atomic E-state index is 0.0400. The second-order valence-electron chi connectivity index (χ2n) is 7.89. The summed E-state index contributed by atoms with van der Waals surface area (Å²) in [5, 5.41) is 2.37. The van der Waals surface area contributed by atoms with Gasteiger partial charge in [-0.05, 0) is 55.7 Å². The smallest absolute Gasteiger partial charge is 0.416 e. The third kappa shape index (κ3) is 5.35. The molecule has 0 N–H and O–H groups in total. The Morgan fingerprint density at radius 2 is 1.71 bits per heavy atom. The van der Waals surface area contributed by atoms with Gasteiger partial charge in [0.15, 0.2) is 11.5 Å². The summed E-state index contributed by atoms with van der Waals surface area (Å²) in [5.74, 6) is 1.36. The maximum atomic E-state index is 13.0. The van der Waals surface area contributed by atoms with Gasteiger partial charge in [-0.3, -0.25) is 4.79 Å². The van der Waals surface area contributed by atoms with Crippen LogP contribution in [0.2, 0.25) is 0 Å². The van der Waals surface area contributed by atoms with Gasteiger partial charge < -0.3 is 14.4 Å². The molecule has 2 heterocycles. The first kappa shape index (κ1) is 24.1. The number of hydrogen-bond donors (Lipinski definition) is 0. The highest BCUT2D eigenvalue weighted by Crippen LogP contribution is 2.35. The van der Waals surface area contributed by atoms with Gasteiger partial charge in [-0.1, -0.05) is 12.1 Å². The van der Waals surface area contributed by atoms with Crippen LogP contribution in [0.5, 0.6) is 11.5 Å². The van der Waals surface area contributed by atoms with Crippen molar-refractivity contribution in [2.45, 2.75) is 39.4 Å². The molecule has 0 fully saturated rings. The zero-order valence-corrected chi connectivity index (χ0v) is 19.8. The van der Waals surface area contributed by atoms with Crippen molar-refractivity contribution in [3.05, 3.63) is 64.2 Å². The van der Waals surface area contributed by atoms with Crippen molar-refractivity contribution in [3.63, 3.8) is 0 Å². The van der Waals surface area contributed by atoms with Gasteiger partial charge in [0.25, 0.3) is 0 Å². The van der Waals surface area contributed by atoms with Crippen LogP contribution >= 0.6 is 11.3 Å². The van der Waals surface area contributed by atoms with E-state index in [1.54, 1.807) is 10.3 Å². The molecule has 1 aliphatic heterocycles. The Morgan fingerprint density at radius 1 is 1.06 bits per heavy atom. The van der Waals surface area contributed by atoms with E-state index in [0.29, 0.717) is 48.3 Å². The molecule has 0 saturated heterocycles. The molecule has 9 heteroatoms. The van der Waals surface area contributed by atoms with Gasteiger partial charge in [0.1, 0.15) is 5.01 Å². The number of nitrogens with zero attached hydrogens (tertiary/aromatic N) is 2. The lowest BCUT2D eigenvalue weighted by Crippen LogP contribution is -2.37. The number of thiazole rings is 1. The normalized spacial score (nSPS) is 13.5. The van der Waals surface area contributed by atoms with E-state index in [1.165, 1.54) is 23.5 Å². The largest absolute Gasteiger partial charge is 0.490 e. The fraction of sp³-hybridized carbons (Fsp3) is 0.360. The molecular formula is C25H25F3N2O3S. The van der Waals surface area contributed by atoms with E-state index >= 15 is 0 Å². The molecule has 3 aromatic rings. The van der Waals surface area contributed by atoms with Crippen LogP contribution in [0.15, 0.2) is 41.8 Å². The number of carbonyl (C=O) groups excluding carboxylic acids is 1. The molecule has 0 bridgehead atoms. The number of fused-ring (bicyclic) bond motifs is 1. The summed E-state index contributed by atoms with van der Waals surface area (Å²) in [4.78, 5) is 19.2. The van der Waals surface area contributed by atoms with E-state index < -0.39 is 11.7 Å². The Morgan fingerprint density at radius 3 is 2.32 bits per heavy atom. The number of alkyl halides is 3. The fourth-order valence-corrected chi connectivity index (χ4v) is 4.73. The number of aromatic nitrogens is 1. The highest BCUT2D eigenvalue weighted by Gasteiger charge is 2.30.